The molecule has 7 nitrogen and oxygen atoms in total. The number of aromatic nitrogens is 5. The first kappa shape index (κ1) is 68.1. The van der Waals surface area contributed by atoms with E-state index in [1.807, 2.05) is 23.5 Å². The van der Waals surface area contributed by atoms with Crippen LogP contribution in [0.25, 0.3) is 217 Å². The second-order valence-corrected chi connectivity index (χ2v) is 35.7. The summed E-state index contributed by atoms with van der Waals surface area (Å²) < 4.78 is 23.5. The van der Waals surface area contributed by atoms with Gasteiger partial charge in [0, 0.05) is 128 Å². The van der Waals surface area contributed by atoms with E-state index in [4.69, 9.17) is 9.41 Å². The van der Waals surface area contributed by atoms with Gasteiger partial charge in [0.15, 0.2) is 0 Å². The molecule has 7 aromatic heterocycles. The second-order valence-electron chi connectivity index (χ2n) is 31.9. The number of hydrogen-bond acceptors (Lipinski definition) is 3. The molecule has 0 N–H and O–H groups in total. The highest BCUT2D eigenvalue weighted by Gasteiger charge is 2.25. The number of para-hydroxylation sites is 7. The van der Waals surface area contributed by atoms with E-state index in [0.29, 0.717) is 0 Å². The number of nitrogens with zero attached hydrogens (tertiary/aromatic N) is 6. The van der Waals surface area contributed by atoms with Crippen LogP contribution in [0.2, 0.25) is 0 Å². The van der Waals surface area contributed by atoms with Gasteiger partial charge in [-0.2, -0.15) is 0 Å². The molecule has 0 saturated carbocycles. The molecule has 18 aromatic carbocycles. The summed E-state index contributed by atoms with van der Waals surface area (Å²) in [5.41, 5.74) is 30.3. The maximum atomic E-state index is 6.27. The van der Waals surface area contributed by atoms with E-state index in [-0.39, 0.29) is 0 Å². The van der Waals surface area contributed by atoms with Crippen molar-refractivity contribution in [2.45, 2.75) is 0 Å². The Kier molecular flexibility index (Phi) is 15.1. The Labute approximate surface area is 707 Å². The number of rotatable bonds is 11. The van der Waals surface area contributed by atoms with Crippen LogP contribution >= 0.6 is 32.1 Å². The van der Waals surface area contributed by atoms with Crippen LogP contribution in [0.15, 0.2) is 416 Å². The van der Waals surface area contributed by atoms with Crippen LogP contribution in [0.5, 0.6) is 0 Å². The molecule has 0 radical (unpaired) electrons. The molecule has 26 rings (SSSR count). The molecule has 0 aliphatic carbocycles. The van der Waals surface area contributed by atoms with Gasteiger partial charge in [0.05, 0.1) is 60.9 Å². The van der Waals surface area contributed by atoms with E-state index >= 15 is 0 Å². The fourth-order valence-electron chi connectivity index (χ4n) is 19.6. The molecular formula is C112H67IN6OS. The third-order valence-electron chi connectivity index (χ3n) is 25.2. The fraction of sp³-hybridized carbons (Fsp3) is 0. The Morgan fingerprint density at radius 3 is 1.07 bits per heavy atom. The van der Waals surface area contributed by atoms with E-state index in [9.17, 15) is 0 Å². The van der Waals surface area contributed by atoms with Gasteiger partial charge in [-0.3, -0.25) is 0 Å². The van der Waals surface area contributed by atoms with Gasteiger partial charge in [-0.25, -0.2) is 4.99 Å². The van der Waals surface area contributed by atoms with Gasteiger partial charge < -0.3 is 27.3 Å². The van der Waals surface area contributed by atoms with Gasteiger partial charge in [-0.05, 0) is 227 Å². The van der Waals surface area contributed by atoms with Crippen molar-refractivity contribution in [2.75, 3.05) is 0 Å². The number of aliphatic imine (C=N–C) groups is 1. The minimum absolute atomic E-state index is 0.864. The molecule has 0 saturated heterocycles. The number of fused-ring (bicyclic) bond motifs is 21. The lowest BCUT2D eigenvalue weighted by molar-refractivity contribution is 0.669. The summed E-state index contributed by atoms with van der Waals surface area (Å²) in [4.78, 5) is 5.86. The molecule has 1 aliphatic rings. The van der Waals surface area contributed by atoms with Crippen molar-refractivity contribution in [3.05, 3.63) is 423 Å². The van der Waals surface area contributed by atoms with Gasteiger partial charge in [-0.15, -0.1) is 11.3 Å². The van der Waals surface area contributed by atoms with Crippen molar-refractivity contribution in [1.82, 2.24) is 22.8 Å². The standard InChI is InChI=1S/C112H67IN6OS/c1-3-21-77(22-4-1)115-98-32-13-7-26-82(98)88-59-70(42-52-102(88)115)73-45-55-105-91(62-73)92-63-74(71-43-53-103-89(60-71)83-27-8-14-33-99(83)116(103)78-23-5-2-6-24-78)46-56-106(92)119(105)81-25-19-20-76(58-81)112-113-96(68-38-48-80(49-39-68)118-101-35-16-10-29-85(101)93-66-111-95(65-107(93)118)87-31-12-18-37-110(87)121-111)67-97(114-112)69-40-50-79(51-41-69)117-100-34-15-9-28-84(100)90-61-72(44-54-104(90)117)75-47-57-109-94(64-75)86-30-11-17-36-108(86)120-109/h1-67H. The van der Waals surface area contributed by atoms with Crippen LogP contribution in [-0.2, 0) is 0 Å². The number of allylic oxidation sites excluding steroid dienone is 1. The number of thiophene rings is 1. The Morgan fingerprint density at radius 2 is 0.562 bits per heavy atom. The lowest BCUT2D eigenvalue weighted by Gasteiger charge is -2.16. The smallest absolute Gasteiger partial charge is 0.135 e. The number of benzene rings is 18. The lowest BCUT2D eigenvalue weighted by atomic mass is 9.98. The van der Waals surface area contributed by atoms with Gasteiger partial charge >= 0.3 is 0 Å². The Morgan fingerprint density at radius 1 is 0.207 bits per heavy atom. The zero-order valence-electron chi connectivity index (χ0n) is 65.1. The Balaban J connectivity index is 0.620. The van der Waals surface area contributed by atoms with Crippen molar-refractivity contribution in [3.8, 4) is 61.8 Å². The Bertz CT molecular complexity index is 8610. The minimum atomic E-state index is -0.864. The summed E-state index contributed by atoms with van der Waals surface area (Å²) in [6, 6.07) is 148. The van der Waals surface area contributed by atoms with Gasteiger partial charge in [-0.1, -0.05) is 239 Å². The molecule has 0 bridgehead atoms. The van der Waals surface area contributed by atoms with Crippen molar-refractivity contribution in [3.63, 3.8) is 0 Å². The predicted molar refractivity (Wildman–Crippen MR) is 520 cm³/mol. The molecule has 0 atom stereocenters. The maximum absolute atomic E-state index is 6.27. The highest BCUT2D eigenvalue weighted by atomic mass is 127. The maximum Gasteiger partial charge on any atom is 0.135 e. The van der Waals surface area contributed by atoms with Crippen molar-refractivity contribution >= 4 is 196 Å². The quantitative estimate of drug-likeness (QED) is 0.119. The highest BCUT2D eigenvalue weighted by molar-refractivity contribution is 14.2. The topological polar surface area (TPSA) is 50.1 Å². The third kappa shape index (κ3) is 10.7. The molecule has 9 heteroatoms. The van der Waals surface area contributed by atoms with E-state index in [0.717, 1.165) is 115 Å². The van der Waals surface area contributed by atoms with Gasteiger partial charge in [0.2, 0.25) is 0 Å². The summed E-state index contributed by atoms with van der Waals surface area (Å²) >= 11 is 1.01. The van der Waals surface area contributed by atoms with E-state index in [2.05, 4.69) is 417 Å². The molecule has 121 heavy (non-hydrogen) atoms. The van der Waals surface area contributed by atoms with Crippen LogP contribution in [0, 0.1) is 0 Å². The normalized spacial score (nSPS) is 12.8. The first-order valence-electron chi connectivity index (χ1n) is 41.2. The van der Waals surface area contributed by atoms with Crippen LogP contribution < -0.4 is 0 Å². The second kappa shape index (κ2) is 26.8. The summed E-state index contributed by atoms with van der Waals surface area (Å²) in [5.74, 6) is 0. The summed E-state index contributed by atoms with van der Waals surface area (Å²) in [7, 11) is 0. The van der Waals surface area contributed by atoms with Crippen molar-refractivity contribution in [1.29, 1.82) is 0 Å². The lowest BCUT2D eigenvalue weighted by Crippen LogP contribution is -2.08. The largest absolute Gasteiger partial charge is 0.456 e. The van der Waals surface area contributed by atoms with Gasteiger partial charge in [0.25, 0.3) is 0 Å². The average molecular weight is 1670 g/mol. The predicted octanol–water partition coefficient (Wildman–Crippen LogP) is 30.4. The third-order valence-corrected chi connectivity index (χ3v) is 29.2. The SMILES string of the molecule is C1=C(c2ccc(-n3c4ccccc4c4cc5sc6ccccc6c5cc43)cc2)I=C(c2cccc(-n3c4ccc(-c5ccc6c(c5)c5ccccc5n6-c5ccccc5)cc4c4cc(-c5ccc6c(c5)c5ccccc5n6-c5ccccc5)ccc43)c2)N=C1c1ccc(-n2c3ccccc3c3cc(-c4ccc5oc6ccccc6c5c4)ccc32)cc1. The van der Waals surface area contributed by atoms with Crippen LogP contribution in [0.3, 0.4) is 0 Å². The monoisotopic (exact) mass is 1670 g/mol. The summed E-state index contributed by atoms with van der Waals surface area (Å²) in [6.07, 6.45) is 2.38. The van der Waals surface area contributed by atoms with Crippen molar-refractivity contribution < 1.29 is 4.42 Å². The molecule has 8 heterocycles. The highest BCUT2D eigenvalue weighted by Crippen LogP contribution is 2.47. The minimum Gasteiger partial charge on any atom is -0.456 e. The Hall–Kier alpha value is -15.0. The molecule has 1 aliphatic heterocycles. The average Bonchev–Trinajstić information content (AvgIpc) is 1.57. The number of halogens is 1. The molecular weight excluding hydrogens is 1600 g/mol. The molecule has 564 valence electrons. The van der Waals surface area contributed by atoms with Crippen LogP contribution in [0.1, 0.15) is 16.7 Å². The summed E-state index contributed by atoms with van der Waals surface area (Å²) in [6.45, 7) is 0. The van der Waals surface area contributed by atoms with Gasteiger partial charge in [0.1, 0.15) is 14.8 Å². The van der Waals surface area contributed by atoms with E-state index in [1.165, 1.54) is 127 Å². The van der Waals surface area contributed by atoms with Crippen molar-refractivity contribution in [2.24, 2.45) is 4.99 Å². The first-order chi connectivity index (χ1) is 59.9. The van der Waals surface area contributed by atoms with E-state index < -0.39 is 20.7 Å². The fourth-order valence-corrected chi connectivity index (χ4v) is 23.4. The molecule has 25 aromatic rings. The number of hydrogen-bond donors (Lipinski definition) is 0. The van der Waals surface area contributed by atoms with Crippen LogP contribution in [-0.4, -0.2) is 32.2 Å². The van der Waals surface area contributed by atoms with E-state index in [1.54, 1.807) is 0 Å². The zero-order valence-corrected chi connectivity index (χ0v) is 68.0. The molecule has 0 unspecified atom stereocenters. The molecule has 0 fully saturated rings. The zero-order chi connectivity index (χ0) is 79.1. The molecule has 0 amide bonds. The van der Waals surface area contributed by atoms with Crippen LogP contribution in [0.4, 0.5) is 0 Å². The summed E-state index contributed by atoms with van der Waals surface area (Å²) in [5, 5.41) is 17.0. The first-order valence-corrected chi connectivity index (χ1v) is 44.1. The molecule has 0 spiro atoms. The number of furan rings is 1.